The summed E-state index contributed by atoms with van der Waals surface area (Å²) in [7, 11) is 5.14. The maximum Gasteiger partial charge on any atom is 0.257 e. The molecule has 2 rings (SSSR count). The molecule has 0 unspecified atom stereocenters. The number of anilines is 1. The number of benzene rings is 1. The Bertz CT molecular complexity index is 628. The first kappa shape index (κ1) is 14.8. The van der Waals surface area contributed by atoms with Crippen LogP contribution in [0.4, 0.5) is 5.82 Å². The van der Waals surface area contributed by atoms with Gasteiger partial charge in [0, 0.05) is 32.4 Å². The summed E-state index contributed by atoms with van der Waals surface area (Å²) in [6.45, 7) is 0.473. The molecule has 5 heteroatoms. The van der Waals surface area contributed by atoms with Gasteiger partial charge in [0.2, 0.25) is 0 Å². The number of carbonyl (C=O) groups excluding carboxylic acids is 1. The average molecular weight is 285 g/mol. The average Bonchev–Trinajstić information content (AvgIpc) is 2.54. The van der Waals surface area contributed by atoms with E-state index in [0.717, 1.165) is 11.3 Å². The smallest absolute Gasteiger partial charge is 0.257 e. The molecule has 0 saturated carbocycles. The third-order valence-electron chi connectivity index (χ3n) is 3.22. The molecule has 0 aliphatic rings. The van der Waals surface area contributed by atoms with Gasteiger partial charge < -0.3 is 15.0 Å². The molecule has 110 valence electrons. The molecule has 0 spiro atoms. The van der Waals surface area contributed by atoms with Crippen molar-refractivity contribution in [1.29, 1.82) is 0 Å². The van der Waals surface area contributed by atoms with Crippen molar-refractivity contribution in [3.63, 3.8) is 0 Å². The van der Waals surface area contributed by atoms with Crippen molar-refractivity contribution in [3.8, 4) is 5.75 Å². The van der Waals surface area contributed by atoms with Crippen molar-refractivity contribution in [2.24, 2.45) is 0 Å². The highest BCUT2D eigenvalue weighted by Crippen LogP contribution is 2.20. The third kappa shape index (κ3) is 3.31. The summed E-state index contributed by atoms with van der Waals surface area (Å²) in [6.07, 6.45) is 1.66. The van der Waals surface area contributed by atoms with E-state index in [1.165, 1.54) is 0 Å². The molecule has 0 radical (unpaired) electrons. The fraction of sp³-hybridized carbons (Fsp3) is 0.250. The molecule has 0 saturated heterocycles. The number of aromatic nitrogens is 1. The number of nitrogens with zero attached hydrogens (tertiary/aromatic N) is 2. The molecule has 0 aliphatic heterocycles. The number of hydrogen-bond acceptors (Lipinski definition) is 4. The van der Waals surface area contributed by atoms with Crippen LogP contribution in [0.1, 0.15) is 15.9 Å². The van der Waals surface area contributed by atoms with Gasteiger partial charge in [-0.2, -0.15) is 0 Å². The minimum atomic E-state index is -0.0849. The van der Waals surface area contributed by atoms with E-state index in [9.17, 15) is 4.79 Å². The van der Waals surface area contributed by atoms with Gasteiger partial charge in [-0.3, -0.25) is 4.79 Å². The van der Waals surface area contributed by atoms with Crippen molar-refractivity contribution in [2.75, 3.05) is 26.5 Å². The number of nitrogens with one attached hydrogen (secondary N) is 1. The quantitative estimate of drug-likeness (QED) is 0.916. The van der Waals surface area contributed by atoms with Gasteiger partial charge in [0.05, 0.1) is 12.7 Å². The molecule has 2 aromatic rings. The predicted molar refractivity (Wildman–Crippen MR) is 82.6 cm³/mol. The first-order valence-electron chi connectivity index (χ1n) is 6.67. The van der Waals surface area contributed by atoms with Gasteiger partial charge in [-0.05, 0) is 18.2 Å². The Morgan fingerprint density at radius 2 is 2.05 bits per heavy atom. The third-order valence-corrected chi connectivity index (χ3v) is 3.22. The molecule has 1 amide bonds. The van der Waals surface area contributed by atoms with Gasteiger partial charge in [-0.25, -0.2) is 4.98 Å². The Morgan fingerprint density at radius 1 is 1.29 bits per heavy atom. The van der Waals surface area contributed by atoms with Crippen LogP contribution in [-0.4, -0.2) is 37.0 Å². The molecule has 1 aromatic carbocycles. The van der Waals surface area contributed by atoms with E-state index in [1.807, 2.05) is 24.3 Å². The van der Waals surface area contributed by atoms with Crippen molar-refractivity contribution in [2.45, 2.75) is 6.54 Å². The summed E-state index contributed by atoms with van der Waals surface area (Å²) >= 11 is 0. The normalized spacial score (nSPS) is 10.0. The lowest BCUT2D eigenvalue weighted by Crippen LogP contribution is -2.27. The van der Waals surface area contributed by atoms with E-state index in [2.05, 4.69) is 10.3 Å². The SMILES string of the molecule is CNc1ncccc1C(=O)N(C)Cc1ccccc1OC. The van der Waals surface area contributed by atoms with Crippen LogP contribution >= 0.6 is 0 Å². The second-order valence-corrected chi connectivity index (χ2v) is 4.62. The minimum absolute atomic E-state index is 0.0849. The van der Waals surface area contributed by atoms with Crippen molar-refractivity contribution >= 4 is 11.7 Å². The lowest BCUT2D eigenvalue weighted by atomic mass is 10.1. The number of rotatable bonds is 5. The summed E-state index contributed by atoms with van der Waals surface area (Å²) in [5.41, 5.74) is 1.52. The van der Waals surface area contributed by atoms with Gasteiger partial charge in [-0.1, -0.05) is 18.2 Å². The Labute approximate surface area is 124 Å². The van der Waals surface area contributed by atoms with E-state index in [1.54, 1.807) is 44.4 Å². The summed E-state index contributed by atoms with van der Waals surface area (Å²) in [5.74, 6) is 1.27. The fourth-order valence-corrected chi connectivity index (χ4v) is 2.14. The summed E-state index contributed by atoms with van der Waals surface area (Å²) in [4.78, 5) is 18.3. The molecule has 1 heterocycles. The maximum atomic E-state index is 12.5. The number of amides is 1. The predicted octanol–water partition coefficient (Wildman–Crippen LogP) is 2.40. The highest BCUT2D eigenvalue weighted by atomic mass is 16.5. The molecule has 1 N–H and O–H groups in total. The molecule has 0 fully saturated rings. The molecule has 0 bridgehead atoms. The van der Waals surface area contributed by atoms with Crippen LogP contribution in [-0.2, 0) is 6.54 Å². The molecule has 5 nitrogen and oxygen atoms in total. The molecular formula is C16H19N3O2. The highest BCUT2D eigenvalue weighted by molar-refractivity contribution is 5.98. The molecule has 0 aliphatic carbocycles. The van der Waals surface area contributed by atoms with Gasteiger partial charge >= 0.3 is 0 Å². The number of ether oxygens (including phenoxy) is 1. The van der Waals surface area contributed by atoms with Gasteiger partial charge in [-0.15, -0.1) is 0 Å². The zero-order valence-electron chi connectivity index (χ0n) is 12.5. The number of hydrogen-bond donors (Lipinski definition) is 1. The fourth-order valence-electron chi connectivity index (χ4n) is 2.14. The van der Waals surface area contributed by atoms with Crippen molar-refractivity contribution in [1.82, 2.24) is 9.88 Å². The number of para-hydroxylation sites is 1. The van der Waals surface area contributed by atoms with Crippen LogP contribution in [0.2, 0.25) is 0 Å². The zero-order valence-corrected chi connectivity index (χ0v) is 12.5. The Balaban J connectivity index is 2.20. The maximum absolute atomic E-state index is 12.5. The Morgan fingerprint density at radius 3 is 2.76 bits per heavy atom. The molecule has 1 aromatic heterocycles. The number of carbonyl (C=O) groups is 1. The standard InChI is InChI=1S/C16H19N3O2/c1-17-15-13(8-6-10-18-15)16(20)19(2)11-12-7-4-5-9-14(12)21-3/h4-10H,11H2,1-3H3,(H,17,18). The van der Waals surface area contributed by atoms with Gasteiger partial charge in [0.25, 0.3) is 5.91 Å². The topological polar surface area (TPSA) is 54.5 Å². The van der Waals surface area contributed by atoms with E-state index in [0.29, 0.717) is 17.9 Å². The Kier molecular flexibility index (Phi) is 4.77. The van der Waals surface area contributed by atoms with Gasteiger partial charge in [0.1, 0.15) is 11.6 Å². The first-order valence-corrected chi connectivity index (χ1v) is 6.67. The van der Waals surface area contributed by atoms with Crippen molar-refractivity contribution < 1.29 is 9.53 Å². The zero-order chi connectivity index (χ0) is 15.2. The van der Waals surface area contributed by atoms with Crippen LogP contribution in [0.3, 0.4) is 0 Å². The number of methoxy groups -OCH3 is 1. The van der Waals surface area contributed by atoms with Crippen LogP contribution in [0.25, 0.3) is 0 Å². The van der Waals surface area contributed by atoms with Crippen LogP contribution < -0.4 is 10.1 Å². The largest absolute Gasteiger partial charge is 0.496 e. The van der Waals surface area contributed by atoms with Crippen LogP contribution in [0.5, 0.6) is 5.75 Å². The summed E-state index contributed by atoms with van der Waals surface area (Å²) in [5, 5.41) is 2.93. The molecular weight excluding hydrogens is 266 g/mol. The van der Waals surface area contributed by atoms with E-state index >= 15 is 0 Å². The first-order chi connectivity index (χ1) is 10.2. The second kappa shape index (κ2) is 6.74. The minimum Gasteiger partial charge on any atom is -0.496 e. The molecule has 21 heavy (non-hydrogen) atoms. The molecule has 0 atom stereocenters. The van der Waals surface area contributed by atoms with E-state index in [-0.39, 0.29) is 5.91 Å². The Hall–Kier alpha value is -2.56. The lowest BCUT2D eigenvalue weighted by molar-refractivity contribution is 0.0785. The highest BCUT2D eigenvalue weighted by Gasteiger charge is 2.17. The van der Waals surface area contributed by atoms with Crippen molar-refractivity contribution in [3.05, 3.63) is 53.7 Å². The van der Waals surface area contributed by atoms with Crippen LogP contribution in [0.15, 0.2) is 42.6 Å². The van der Waals surface area contributed by atoms with E-state index in [4.69, 9.17) is 4.74 Å². The number of pyridine rings is 1. The lowest BCUT2D eigenvalue weighted by Gasteiger charge is -2.19. The monoisotopic (exact) mass is 285 g/mol. The van der Waals surface area contributed by atoms with Gasteiger partial charge in [0.15, 0.2) is 0 Å². The summed E-state index contributed by atoms with van der Waals surface area (Å²) < 4.78 is 5.31. The van der Waals surface area contributed by atoms with E-state index < -0.39 is 0 Å². The van der Waals surface area contributed by atoms with Crippen LogP contribution in [0, 0.1) is 0 Å². The second-order valence-electron chi connectivity index (χ2n) is 4.62. The summed E-state index contributed by atoms with van der Waals surface area (Å²) in [6, 6.07) is 11.2.